The normalized spacial score (nSPS) is 11.3. The Morgan fingerprint density at radius 1 is 1.11 bits per heavy atom. The fourth-order valence-electron chi connectivity index (χ4n) is 1.24. The van der Waals surface area contributed by atoms with Gasteiger partial charge in [-0.3, -0.25) is 20.2 Å². The summed E-state index contributed by atoms with van der Waals surface area (Å²) in [6, 6.07) is 0.581. The number of alkyl halides is 3. The lowest BCUT2D eigenvalue weighted by atomic mass is 10.1. The van der Waals surface area contributed by atoms with Crippen LogP contribution in [0.25, 0.3) is 0 Å². The topological polar surface area (TPSA) is 86.3 Å². The van der Waals surface area contributed by atoms with E-state index in [1.54, 1.807) is 0 Å². The van der Waals surface area contributed by atoms with Crippen molar-refractivity contribution in [2.75, 3.05) is 6.26 Å². The Bertz CT molecular complexity index is 483. The van der Waals surface area contributed by atoms with Crippen LogP contribution in [0.15, 0.2) is 17.0 Å². The lowest BCUT2D eigenvalue weighted by molar-refractivity contribution is -0.400. The number of nitrogens with zero attached hydrogens (tertiary/aromatic N) is 2. The van der Waals surface area contributed by atoms with Crippen LogP contribution in [0.1, 0.15) is 5.56 Å². The second kappa shape index (κ2) is 4.80. The van der Waals surface area contributed by atoms with Gasteiger partial charge in [-0.25, -0.2) is 0 Å². The van der Waals surface area contributed by atoms with Crippen LogP contribution in [0.2, 0.25) is 0 Å². The van der Waals surface area contributed by atoms with Crippen molar-refractivity contribution in [2.24, 2.45) is 0 Å². The van der Waals surface area contributed by atoms with Crippen LogP contribution in [0, 0.1) is 20.2 Å². The van der Waals surface area contributed by atoms with Gasteiger partial charge in [0, 0.05) is 12.1 Å². The summed E-state index contributed by atoms with van der Waals surface area (Å²) in [6.07, 6.45) is -3.57. The average molecular weight is 282 g/mol. The Morgan fingerprint density at radius 3 is 1.72 bits per heavy atom. The molecule has 0 amide bonds. The van der Waals surface area contributed by atoms with Gasteiger partial charge < -0.3 is 0 Å². The van der Waals surface area contributed by atoms with E-state index in [1.165, 1.54) is 6.26 Å². The Hall–Kier alpha value is -1.84. The van der Waals surface area contributed by atoms with Gasteiger partial charge in [0.15, 0.2) is 4.90 Å². The molecule has 1 aromatic carbocycles. The van der Waals surface area contributed by atoms with Gasteiger partial charge >= 0.3 is 6.18 Å². The number of thioether (sulfide) groups is 1. The number of hydrogen-bond donors (Lipinski definition) is 0. The highest BCUT2D eigenvalue weighted by molar-refractivity contribution is 7.98. The van der Waals surface area contributed by atoms with Crippen molar-refractivity contribution in [3.05, 3.63) is 37.9 Å². The summed E-state index contributed by atoms with van der Waals surface area (Å²) >= 11 is 0.647. The monoisotopic (exact) mass is 282 g/mol. The average Bonchev–Trinajstić information content (AvgIpc) is 2.25. The first-order chi connectivity index (χ1) is 8.18. The van der Waals surface area contributed by atoms with Crippen LogP contribution in [0.5, 0.6) is 0 Å². The van der Waals surface area contributed by atoms with E-state index in [1.807, 2.05) is 0 Å². The lowest BCUT2D eigenvalue weighted by Crippen LogP contribution is -2.08. The highest BCUT2D eigenvalue weighted by atomic mass is 32.2. The number of hydrogen-bond acceptors (Lipinski definition) is 5. The fourth-order valence-corrected chi connectivity index (χ4v) is 1.93. The third-order valence-electron chi connectivity index (χ3n) is 1.97. The molecule has 98 valence electrons. The van der Waals surface area contributed by atoms with E-state index in [0.717, 1.165) is 0 Å². The van der Waals surface area contributed by atoms with Gasteiger partial charge in [-0.15, -0.1) is 11.8 Å². The summed E-state index contributed by atoms with van der Waals surface area (Å²) in [5.74, 6) is 0. The molecule has 0 unspecified atom stereocenters. The minimum Gasteiger partial charge on any atom is -0.258 e. The molecule has 0 aliphatic heterocycles. The predicted molar refractivity (Wildman–Crippen MR) is 56.5 cm³/mol. The minimum atomic E-state index is -4.88. The van der Waals surface area contributed by atoms with Crippen LogP contribution in [-0.4, -0.2) is 16.1 Å². The highest BCUT2D eigenvalue weighted by Crippen LogP contribution is 2.41. The highest BCUT2D eigenvalue weighted by Gasteiger charge is 2.37. The Balaban J connectivity index is 3.65. The third kappa shape index (κ3) is 2.70. The van der Waals surface area contributed by atoms with Crippen LogP contribution >= 0.6 is 11.8 Å². The van der Waals surface area contributed by atoms with E-state index in [-0.39, 0.29) is 0 Å². The summed E-state index contributed by atoms with van der Waals surface area (Å²) in [5.41, 5.74) is -3.27. The molecule has 1 rings (SSSR count). The number of rotatable bonds is 3. The summed E-state index contributed by atoms with van der Waals surface area (Å²) in [5, 5.41) is 21.3. The molecule has 1 aromatic rings. The van der Waals surface area contributed by atoms with Crippen molar-refractivity contribution >= 4 is 23.1 Å². The molecule has 18 heavy (non-hydrogen) atoms. The molecule has 6 nitrogen and oxygen atoms in total. The van der Waals surface area contributed by atoms with Crippen molar-refractivity contribution < 1.29 is 23.0 Å². The Labute approximate surface area is 102 Å². The van der Waals surface area contributed by atoms with Crippen molar-refractivity contribution in [3.8, 4) is 0 Å². The van der Waals surface area contributed by atoms with Gasteiger partial charge in [-0.2, -0.15) is 13.2 Å². The van der Waals surface area contributed by atoms with Crippen LogP contribution in [0.4, 0.5) is 24.5 Å². The minimum absolute atomic E-state index is 0.291. The summed E-state index contributed by atoms with van der Waals surface area (Å²) in [4.78, 5) is 18.7. The zero-order valence-electron chi connectivity index (χ0n) is 8.72. The molecule has 0 atom stereocenters. The van der Waals surface area contributed by atoms with Gasteiger partial charge in [0.1, 0.15) is 0 Å². The van der Waals surface area contributed by atoms with Crippen molar-refractivity contribution in [2.45, 2.75) is 11.1 Å². The van der Waals surface area contributed by atoms with E-state index in [9.17, 15) is 33.4 Å². The predicted octanol–water partition coefficient (Wildman–Crippen LogP) is 3.24. The van der Waals surface area contributed by atoms with E-state index >= 15 is 0 Å². The molecule has 0 saturated carbocycles. The molecule has 0 heterocycles. The van der Waals surface area contributed by atoms with Crippen molar-refractivity contribution in [1.82, 2.24) is 0 Å². The van der Waals surface area contributed by atoms with E-state index in [2.05, 4.69) is 0 Å². The molecule has 0 saturated heterocycles. The number of nitro groups is 2. The molecule has 0 bridgehead atoms. The molecule has 0 spiro atoms. The molecule has 0 N–H and O–H groups in total. The van der Waals surface area contributed by atoms with E-state index < -0.39 is 37.9 Å². The van der Waals surface area contributed by atoms with Gasteiger partial charge in [-0.1, -0.05) is 0 Å². The van der Waals surface area contributed by atoms with Gasteiger partial charge in [0.2, 0.25) is 0 Å². The zero-order valence-corrected chi connectivity index (χ0v) is 9.54. The number of nitro benzene ring substituents is 2. The molecule has 0 aliphatic rings. The fraction of sp³-hybridized carbons (Fsp3) is 0.250. The van der Waals surface area contributed by atoms with Crippen LogP contribution in [0.3, 0.4) is 0 Å². The van der Waals surface area contributed by atoms with Crippen molar-refractivity contribution in [1.29, 1.82) is 0 Å². The number of benzene rings is 1. The smallest absolute Gasteiger partial charge is 0.258 e. The first-order valence-electron chi connectivity index (χ1n) is 4.26. The van der Waals surface area contributed by atoms with Crippen molar-refractivity contribution in [3.63, 3.8) is 0 Å². The molecule has 0 fully saturated rings. The summed E-state index contributed by atoms with van der Waals surface area (Å²) in [7, 11) is 0. The first-order valence-corrected chi connectivity index (χ1v) is 5.49. The molecule has 0 aliphatic carbocycles. The van der Waals surface area contributed by atoms with Gasteiger partial charge in [0.05, 0.1) is 15.4 Å². The maximum Gasteiger partial charge on any atom is 0.416 e. The summed E-state index contributed by atoms with van der Waals surface area (Å²) in [6.45, 7) is 0. The maximum absolute atomic E-state index is 12.5. The molecule has 0 radical (unpaired) electrons. The maximum atomic E-state index is 12.5. The van der Waals surface area contributed by atoms with Gasteiger partial charge in [-0.05, 0) is 6.26 Å². The molecule has 10 heteroatoms. The third-order valence-corrected chi connectivity index (χ3v) is 2.80. The number of halogens is 3. The second-order valence-electron chi connectivity index (χ2n) is 3.06. The largest absolute Gasteiger partial charge is 0.416 e. The molecular formula is C8H5F3N2O4S. The lowest BCUT2D eigenvalue weighted by Gasteiger charge is -2.08. The Kier molecular flexibility index (Phi) is 3.79. The first kappa shape index (κ1) is 14.2. The van der Waals surface area contributed by atoms with E-state index in [4.69, 9.17) is 0 Å². The van der Waals surface area contributed by atoms with Crippen LogP contribution in [-0.2, 0) is 6.18 Å². The summed E-state index contributed by atoms with van der Waals surface area (Å²) < 4.78 is 37.4. The Morgan fingerprint density at radius 2 is 1.50 bits per heavy atom. The SMILES string of the molecule is CSc1c([N+](=O)[O-])cc(C(F)(F)F)cc1[N+](=O)[O-]. The standard InChI is InChI=1S/C8H5F3N2O4S/c1-18-7-5(12(14)15)2-4(8(9,10)11)3-6(7)13(16)17/h2-3H,1H3. The quantitative estimate of drug-likeness (QED) is 0.482. The van der Waals surface area contributed by atoms with E-state index in [0.29, 0.717) is 23.9 Å². The zero-order chi connectivity index (χ0) is 14.1. The van der Waals surface area contributed by atoms with Crippen LogP contribution < -0.4 is 0 Å². The molecule has 0 aromatic heterocycles. The van der Waals surface area contributed by atoms with Gasteiger partial charge in [0.25, 0.3) is 11.4 Å². The molecular weight excluding hydrogens is 277 g/mol. The second-order valence-corrected chi connectivity index (χ2v) is 3.88.